The fourth-order valence-electron chi connectivity index (χ4n) is 3.53. The van der Waals surface area contributed by atoms with Crippen LogP contribution in [0.25, 0.3) is 0 Å². The average molecular weight is 433 g/mol. The molecule has 0 spiro atoms. The number of amides is 2. The lowest BCUT2D eigenvalue weighted by Crippen LogP contribution is -2.28. The van der Waals surface area contributed by atoms with Crippen LogP contribution in [0, 0.1) is 5.92 Å². The third kappa shape index (κ3) is 3.82. The van der Waals surface area contributed by atoms with E-state index in [1.165, 1.54) is 14.2 Å². The zero-order chi connectivity index (χ0) is 21.3. The largest absolute Gasteiger partial charge is 0.495 e. The lowest BCUT2D eigenvalue weighted by atomic mass is 10.1. The second kappa shape index (κ2) is 8.31. The molecule has 30 heavy (non-hydrogen) atoms. The van der Waals surface area contributed by atoms with E-state index in [9.17, 15) is 9.59 Å². The number of carbonyl (C=O) groups excluding carboxylic acids is 2. The molecule has 2 amide bonds. The highest BCUT2D eigenvalue weighted by molar-refractivity contribution is 6.32. The van der Waals surface area contributed by atoms with Gasteiger partial charge in [-0.2, -0.15) is 0 Å². The molecule has 0 bridgehead atoms. The molecule has 9 heteroatoms. The summed E-state index contributed by atoms with van der Waals surface area (Å²) in [6.45, 7) is 1.22. The van der Waals surface area contributed by atoms with Gasteiger partial charge in [0.15, 0.2) is 11.5 Å². The van der Waals surface area contributed by atoms with Gasteiger partial charge in [0.1, 0.15) is 24.7 Å². The molecule has 158 valence electrons. The average Bonchev–Trinajstić information content (AvgIpc) is 3.15. The van der Waals surface area contributed by atoms with Gasteiger partial charge in [0.25, 0.3) is 0 Å². The molecule has 1 atom stereocenters. The van der Waals surface area contributed by atoms with Crippen LogP contribution in [0.15, 0.2) is 30.3 Å². The van der Waals surface area contributed by atoms with Crippen LogP contribution in [0.1, 0.15) is 6.42 Å². The van der Waals surface area contributed by atoms with Gasteiger partial charge in [-0.15, -0.1) is 0 Å². The third-order valence-electron chi connectivity index (χ3n) is 5.07. The Morgan fingerprint density at radius 1 is 1.10 bits per heavy atom. The SMILES string of the molecule is COc1cc(OC)c(NC(=O)[C@H]2CC(=O)N(c3ccc4c(c3)OCCO4)C2)cc1Cl. The Bertz CT molecular complexity index is 996. The van der Waals surface area contributed by atoms with E-state index in [4.69, 9.17) is 30.5 Å². The number of hydrogen-bond acceptors (Lipinski definition) is 6. The Kier molecular flexibility index (Phi) is 5.59. The number of nitrogens with one attached hydrogen (secondary N) is 1. The first-order valence-corrected chi connectivity index (χ1v) is 9.80. The third-order valence-corrected chi connectivity index (χ3v) is 5.36. The van der Waals surface area contributed by atoms with Crippen LogP contribution >= 0.6 is 11.6 Å². The van der Waals surface area contributed by atoms with Crippen molar-refractivity contribution < 1.29 is 28.5 Å². The summed E-state index contributed by atoms with van der Waals surface area (Å²) in [6.07, 6.45) is 0.104. The quantitative estimate of drug-likeness (QED) is 0.781. The maximum Gasteiger partial charge on any atom is 0.229 e. The normalized spacial score (nSPS) is 17.6. The van der Waals surface area contributed by atoms with Crippen molar-refractivity contribution in [3.05, 3.63) is 35.4 Å². The summed E-state index contributed by atoms with van der Waals surface area (Å²) in [4.78, 5) is 27.0. The lowest BCUT2D eigenvalue weighted by Gasteiger charge is -2.22. The van der Waals surface area contributed by atoms with Gasteiger partial charge >= 0.3 is 0 Å². The van der Waals surface area contributed by atoms with Gasteiger partial charge in [-0.3, -0.25) is 9.59 Å². The standard InChI is InChI=1S/C21H21ClN2O6/c1-27-17-10-18(28-2)15(9-14(17)22)23-21(26)12-7-20(25)24(11-12)13-3-4-16-19(8-13)30-6-5-29-16/h3-4,8-10,12H,5-7,11H2,1-2H3,(H,23,26)/t12-/m0/s1. The summed E-state index contributed by atoms with van der Waals surface area (Å²) in [5.74, 6) is 1.15. The van der Waals surface area contributed by atoms with Crippen LogP contribution < -0.4 is 29.2 Å². The molecule has 1 fully saturated rings. The second-order valence-corrected chi connectivity index (χ2v) is 7.32. The summed E-state index contributed by atoms with van der Waals surface area (Å²) in [5.41, 5.74) is 1.09. The first-order valence-electron chi connectivity index (χ1n) is 9.42. The van der Waals surface area contributed by atoms with E-state index in [2.05, 4.69) is 5.32 Å². The van der Waals surface area contributed by atoms with Gasteiger partial charge in [0, 0.05) is 30.8 Å². The molecule has 2 aromatic carbocycles. The van der Waals surface area contributed by atoms with Crippen LogP contribution in [0.5, 0.6) is 23.0 Å². The molecule has 2 aliphatic heterocycles. The van der Waals surface area contributed by atoms with E-state index < -0.39 is 5.92 Å². The summed E-state index contributed by atoms with van der Waals surface area (Å²) in [5, 5.41) is 3.15. The minimum atomic E-state index is -0.517. The zero-order valence-corrected chi connectivity index (χ0v) is 17.3. The fraction of sp³-hybridized carbons (Fsp3) is 0.333. The molecule has 1 saturated heterocycles. The summed E-state index contributed by atoms with van der Waals surface area (Å²) >= 11 is 6.17. The first kappa shape index (κ1) is 20.2. The first-order chi connectivity index (χ1) is 14.5. The number of nitrogens with zero attached hydrogens (tertiary/aromatic N) is 1. The van der Waals surface area contributed by atoms with Crippen LogP contribution in [0.3, 0.4) is 0 Å². The number of methoxy groups -OCH3 is 2. The number of hydrogen-bond donors (Lipinski definition) is 1. The number of benzene rings is 2. The Morgan fingerprint density at radius 3 is 2.57 bits per heavy atom. The highest BCUT2D eigenvalue weighted by Crippen LogP contribution is 2.38. The van der Waals surface area contributed by atoms with E-state index in [1.54, 1.807) is 35.2 Å². The van der Waals surface area contributed by atoms with Crippen LogP contribution in [0.2, 0.25) is 5.02 Å². The number of halogens is 1. The van der Waals surface area contributed by atoms with Gasteiger partial charge in [-0.05, 0) is 18.2 Å². The minimum Gasteiger partial charge on any atom is -0.495 e. The Balaban J connectivity index is 1.49. The summed E-state index contributed by atoms with van der Waals surface area (Å²) < 4.78 is 21.6. The van der Waals surface area contributed by atoms with Crippen molar-refractivity contribution >= 4 is 34.8 Å². The van der Waals surface area contributed by atoms with Crippen LogP contribution in [0.4, 0.5) is 11.4 Å². The molecule has 1 N–H and O–H groups in total. The van der Waals surface area contributed by atoms with Crippen LogP contribution in [-0.4, -0.2) is 45.8 Å². The van der Waals surface area contributed by atoms with Gasteiger partial charge in [-0.1, -0.05) is 11.6 Å². The van der Waals surface area contributed by atoms with Gasteiger partial charge in [0.05, 0.1) is 30.8 Å². The lowest BCUT2D eigenvalue weighted by molar-refractivity contribution is -0.122. The maximum atomic E-state index is 12.8. The second-order valence-electron chi connectivity index (χ2n) is 6.91. The molecular formula is C21H21ClN2O6. The maximum absolute atomic E-state index is 12.8. The number of ether oxygens (including phenoxy) is 4. The topological polar surface area (TPSA) is 86.3 Å². The molecule has 2 heterocycles. The van der Waals surface area contributed by atoms with E-state index in [1.807, 2.05) is 0 Å². The van der Waals surface area contributed by atoms with Crippen LogP contribution in [-0.2, 0) is 9.59 Å². The van der Waals surface area contributed by atoms with Crippen molar-refractivity contribution in [2.45, 2.75) is 6.42 Å². The van der Waals surface area contributed by atoms with Gasteiger partial charge < -0.3 is 29.2 Å². The Hall–Kier alpha value is -3.13. The van der Waals surface area contributed by atoms with Crippen molar-refractivity contribution in [2.75, 3.05) is 44.2 Å². The number of rotatable bonds is 5. The van der Waals surface area contributed by atoms with E-state index in [0.29, 0.717) is 52.6 Å². The van der Waals surface area contributed by atoms with Crippen molar-refractivity contribution in [1.82, 2.24) is 0 Å². The molecule has 8 nitrogen and oxygen atoms in total. The molecule has 4 rings (SSSR count). The van der Waals surface area contributed by atoms with E-state index >= 15 is 0 Å². The number of fused-ring (bicyclic) bond motifs is 1. The molecular weight excluding hydrogens is 412 g/mol. The Labute approximate surface area is 178 Å². The zero-order valence-electron chi connectivity index (χ0n) is 16.6. The fourth-order valence-corrected chi connectivity index (χ4v) is 3.77. The number of anilines is 2. The smallest absolute Gasteiger partial charge is 0.229 e. The number of carbonyl (C=O) groups is 2. The predicted octanol–water partition coefficient (Wildman–Crippen LogP) is 3.12. The summed E-state index contributed by atoms with van der Waals surface area (Å²) in [7, 11) is 2.98. The van der Waals surface area contributed by atoms with Crippen molar-refractivity contribution in [2.24, 2.45) is 5.92 Å². The molecule has 0 aromatic heterocycles. The molecule has 2 aromatic rings. The minimum absolute atomic E-state index is 0.104. The van der Waals surface area contributed by atoms with Crippen molar-refractivity contribution in [3.63, 3.8) is 0 Å². The highest BCUT2D eigenvalue weighted by atomic mass is 35.5. The monoisotopic (exact) mass is 432 g/mol. The molecule has 0 aliphatic carbocycles. The van der Waals surface area contributed by atoms with Gasteiger partial charge in [0.2, 0.25) is 11.8 Å². The van der Waals surface area contributed by atoms with Crippen molar-refractivity contribution in [3.8, 4) is 23.0 Å². The molecule has 2 aliphatic rings. The molecule has 0 radical (unpaired) electrons. The molecule has 0 saturated carbocycles. The van der Waals surface area contributed by atoms with E-state index in [-0.39, 0.29) is 24.8 Å². The van der Waals surface area contributed by atoms with Gasteiger partial charge in [-0.25, -0.2) is 0 Å². The summed E-state index contributed by atoms with van der Waals surface area (Å²) in [6, 6.07) is 8.48. The highest BCUT2D eigenvalue weighted by Gasteiger charge is 2.36. The van der Waals surface area contributed by atoms with E-state index in [0.717, 1.165) is 0 Å². The van der Waals surface area contributed by atoms with Crippen molar-refractivity contribution in [1.29, 1.82) is 0 Å². The predicted molar refractivity (Wildman–Crippen MR) is 111 cm³/mol. The molecule has 0 unspecified atom stereocenters. The Morgan fingerprint density at radius 2 is 1.83 bits per heavy atom.